The number of piperazine rings is 1. The molecule has 0 unspecified atom stereocenters. The molecule has 7 heteroatoms. The van der Waals surface area contributed by atoms with E-state index in [2.05, 4.69) is 15.5 Å². The van der Waals surface area contributed by atoms with E-state index in [1.807, 2.05) is 30.6 Å². The number of hydrogen-bond acceptors (Lipinski definition) is 5. The van der Waals surface area contributed by atoms with E-state index in [1.165, 1.54) is 0 Å². The van der Waals surface area contributed by atoms with Gasteiger partial charge >= 0.3 is 12.0 Å². The zero-order valence-electron chi connectivity index (χ0n) is 11.9. The molecule has 2 rings (SSSR count). The number of carbonyl (C=O) groups excluding carboxylic acids is 1. The maximum Gasteiger partial charge on any atom is 0.318 e. The van der Waals surface area contributed by atoms with Crippen LogP contribution in [0.4, 0.5) is 10.8 Å². The predicted octanol–water partition coefficient (Wildman–Crippen LogP) is 1.01. The largest absolute Gasteiger partial charge is 0.408 e. The molecular formula is C12H21N5O2. The Balaban J connectivity index is 1.87. The highest BCUT2D eigenvalue weighted by atomic mass is 16.4. The van der Waals surface area contributed by atoms with Crippen LogP contribution in [-0.4, -0.2) is 52.8 Å². The maximum absolute atomic E-state index is 12.0. The summed E-state index contributed by atoms with van der Waals surface area (Å²) in [7, 11) is 0. The summed E-state index contributed by atoms with van der Waals surface area (Å²) in [6.07, 6.45) is 0. The molecule has 0 bridgehead atoms. The van der Waals surface area contributed by atoms with Crippen molar-refractivity contribution < 1.29 is 9.21 Å². The number of aromatic nitrogens is 2. The first-order valence-corrected chi connectivity index (χ1v) is 6.47. The minimum atomic E-state index is -0.210. The predicted molar refractivity (Wildman–Crippen MR) is 71.1 cm³/mol. The van der Waals surface area contributed by atoms with E-state index in [0.29, 0.717) is 38.1 Å². The molecule has 0 radical (unpaired) electrons. The summed E-state index contributed by atoms with van der Waals surface area (Å²) in [6, 6.07) is 0.516. The van der Waals surface area contributed by atoms with E-state index in [4.69, 9.17) is 4.42 Å². The Hall–Kier alpha value is -1.79. The quantitative estimate of drug-likeness (QED) is 0.822. The second-order valence-electron chi connectivity index (χ2n) is 5.76. The standard InChI is InChI=1S/C12H21N5O2/c1-9-14-15-11(19-9)17-7-5-16(6-8-17)10(18)13-12(2,3)4/h5-8H2,1-4H3,(H,13,18). The summed E-state index contributed by atoms with van der Waals surface area (Å²) in [4.78, 5) is 15.8. The highest BCUT2D eigenvalue weighted by Crippen LogP contribution is 2.14. The average molecular weight is 267 g/mol. The van der Waals surface area contributed by atoms with E-state index in [-0.39, 0.29) is 11.6 Å². The number of anilines is 1. The van der Waals surface area contributed by atoms with Crippen LogP contribution in [0.5, 0.6) is 0 Å². The summed E-state index contributed by atoms with van der Waals surface area (Å²) in [5, 5.41) is 10.8. The molecule has 1 aromatic heterocycles. The zero-order chi connectivity index (χ0) is 14.0. The van der Waals surface area contributed by atoms with Gasteiger partial charge in [-0.2, -0.15) is 0 Å². The van der Waals surface area contributed by atoms with Crippen LogP contribution in [0.1, 0.15) is 26.7 Å². The number of rotatable bonds is 1. The molecular weight excluding hydrogens is 246 g/mol. The number of aryl methyl sites for hydroxylation is 1. The van der Waals surface area contributed by atoms with Crippen molar-refractivity contribution in [2.75, 3.05) is 31.1 Å². The van der Waals surface area contributed by atoms with Gasteiger partial charge in [0.1, 0.15) is 0 Å². The number of hydrogen-bond donors (Lipinski definition) is 1. The highest BCUT2D eigenvalue weighted by Gasteiger charge is 2.25. The number of urea groups is 1. The van der Waals surface area contributed by atoms with E-state index < -0.39 is 0 Å². The van der Waals surface area contributed by atoms with Gasteiger partial charge in [-0.25, -0.2) is 4.79 Å². The van der Waals surface area contributed by atoms with Crippen LogP contribution < -0.4 is 10.2 Å². The molecule has 0 saturated carbocycles. The van der Waals surface area contributed by atoms with Gasteiger partial charge < -0.3 is 19.5 Å². The van der Waals surface area contributed by atoms with Crippen LogP contribution >= 0.6 is 0 Å². The Morgan fingerprint density at radius 1 is 1.21 bits per heavy atom. The molecule has 1 fully saturated rings. The monoisotopic (exact) mass is 267 g/mol. The van der Waals surface area contributed by atoms with Gasteiger partial charge in [0.05, 0.1) is 0 Å². The molecule has 2 heterocycles. The third-order valence-corrected chi connectivity index (χ3v) is 2.83. The number of amides is 2. The molecule has 1 aliphatic rings. The summed E-state index contributed by atoms with van der Waals surface area (Å²) in [6.45, 7) is 10.4. The van der Waals surface area contributed by atoms with Crippen molar-refractivity contribution in [1.29, 1.82) is 0 Å². The van der Waals surface area contributed by atoms with Crippen LogP contribution in [0.3, 0.4) is 0 Å². The van der Waals surface area contributed by atoms with Crippen LogP contribution in [-0.2, 0) is 0 Å². The number of nitrogens with zero attached hydrogens (tertiary/aromatic N) is 4. The van der Waals surface area contributed by atoms with Crippen molar-refractivity contribution in [2.45, 2.75) is 33.2 Å². The minimum Gasteiger partial charge on any atom is -0.408 e. The molecule has 1 saturated heterocycles. The van der Waals surface area contributed by atoms with E-state index in [9.17, 15) is 4.79 Å². The van der Waals surface area contributed by atoms with Crippen molar-refractivity contribution >= 4 is 12.0 Å². The van der Waals surface area contributed by atoms with Crippen LogP contribution in [0, 0.1) is 6.92 Å². The molecule has 0 aliphatic carbocycles. The first-order valence-electron chi connectivity index (χ1n) is 6.47. The average Bonchev–Trinajstić information content (AvgIpc) is 2.74. The molecule has 0 atom stereocenters. The Morgan fingerprint density at radius 3 is 2.32 bits per heavy atom. The van der Waals surface area contributed by atoms with Gasteiger partial charge in [0.15, 0.2) is 0 Å². The smallest absolute Gasteiger partial charge is 0.318 e. The van der Waals surface area contributed by atoms with Gasteiger partial charge in [-0.15, -0.1) is 5.10 Å². The summed E-state index contributed by atoms with van der Waals surface area (Å²) in [5.41, 5.74) is -0.210. The van der Waals surface area contributed by atoms with Crippen molar-refractivity contribution in [3.63, 3.8) is 0 Å². The SMILES string of the molecule is Cc1nnc(N2CCN(C(=O)NC(C)(C)C)CC2)o1. The van der Waals surface area contributed by atoms with Crippen molar-refractivity contribution in [3.05, 3.63) is 5.89 Å². The van der Waals surface area contributed by atoms with Crippen LogP contribution in [0.2, 0.25) is 0 Å². The molecule has 1 aliphatic heterocycles. The van der Waals surface area contributed by atoms with Crippen molar-refractivity contribution in [1.82, 2.24) is 20.4 Å². The van der Waals surface area contributed by atoms with E-state index >= 15 is 0 Å². The lowest BCUT2D eigenvalue weighted by Gasteiger charge is -2.35. The fourth-order valence-corrected chi connectivity index (χ4v) is 1.91. The lowest BCUT2D eigenvalue weighted by atomic mass is 10.1. The van der Waals surface area contributed by atoms with Gasteiger partial charge in [-0.05, 0) is 20.8 Å². The Morgan fingerprint density at radius 2 is 1.84 bits per heavy atom. The third-order valence-electron chi connectivity index (χ3n) is 2.83. The normalized spacial score (nSPS) is 16.6. The first-order chi connectivity index (χ1) is 8.85. The third kappa shape index (κ3) is 3.59. The molecule has 1 aromatic rings. The zero-order valence-corrected chi connectivity index (χ0v) is 11.9. The fourth-order valence-electron chi connectivity index (χ4n) is 1.91. The lowest BCUT2D eigenvalue weighted by Crippen LogP contribution is -2.55. The van der Waals surface area contributed by atoms with Crippen molar-refractivity contribution in [3.8, 4) is 0 Å². The second kappa shape index (κ2) is 5.07. The van der Waals surface area contributed by atoms with Crippen molar-refractivity contribution in [2.24, 2.45) is 0 Å². The molecule has 7 nitrogen and oxygen atoms in total. The van der Waals surface area contributed by atoms with Gasteiger partial charge in [0, 0.05) is 38.6 Å². The molecule has 2 amide bonds. The van der Waals surface area contributed by atoms with Gasteiger partial charge in [0.2, 0.25) is 5.89 Å². The van der Waals surface area contributed by atoms with E-state index in [0.717, 1.165) is 0 Å². The van der Waals surface area contributed by atoms with E-state index in [1.54, 1.807) is 6.92 Å². The molecule has 106 valence electrons. The Labute approximate surface area is 113 Å². The van der Waals surface area contributed by atoms with Gasteiger partial charge in [-0.1, -0.05) is 5.10 Å². The Bertz CT molecular complexity index is 443. The van der Waals surface area contributed by atoms with Gasteiger partial charge in [-0.3, -0.25) is 0 Å². The minimum absolute atomic E-state index is 0.0196. The second-order valence-corrected chi connectivity index (χ2v) is 5.76. The summed E-state index contributed by atoms with van der Waals surface area (Å²) < 4.78 is 5.38. The highest BCUT2D eigenvalue weighted by molar-refractivity contribution is 5.75. The Kier molecular flexibility index (Phi) is 3.64. The lowest BCUT2D eigenvalue weighted by molar-refractivity contribution is 0.184. The summed E-state index contributed by atoms with van der Waals surface area (Å²) in [5.74, 6) is 0.558. The number of carbonyl (C=O) groups is 1. The fraction of sp³-hybridized carbons (Fsp3) is 0.750. The molecule has 0 spiro atoms. The van der Waals surface area contributed by atoms with Crippen LogP contribution in [0.25, 0.3) is 0 Å². The van der Waals surface area contributed by atoms with Gasteiger partial charge in [0.25, 0.3) is 0 Å². The molecule has 19 heavy (non-hydrogen) atoms. The molecule has 0 aromatic carbocycles. The summed E-state index contributed by atoms with van der Waals surface area (Å²) >= 11 is 0. The maximum atomic E-state index is 12.0. The molecule has 1 N–H and O–H groups in total. The van der Waals surface area contributed by atoms with Crippen LogP contribution in [0.15, 0.2) is 4.42 Å². The first kappa shape index (κ1) is 13.6. The number of nitrogens with one attached hydrogen (secondary N) is 1. The topological polar surface area (TPSA) is 74.5 Å².